The van der Waals surface area contributed by atoms with Crippen LogP contribution in [0.2, 0.25) is 0 Å². The molecule has 0 atom stereocenters. The zero-order valence-corrected chi connectivity index (χ0v) is 14.6. The molecular weight excluding hydrogens is 284 g/mol. The second-order valence-corrected chi connectivity index (χ2v) is 7.00. The number of hydrogen-bond acceptors (Lipinski definition) is 2. The van der Waals surface area contributed by atoms with E-state index in [0.29, 0.717) is 12.2 Å². The zero-order chi connectivity index (χ0) is 16.9. The average Bonchev–Trinajstić information content (AvgIpc) is 2.51. The summed E-state index contributed by atoms with van der Waals surface area (Å²) in [5.41, 5.74) is 4.39. The van der Waals surface area contributed by atoms with Gasteiger partial charge in [-0.05, 0) is 54.0 Å². The first-order chi connectivity index (χ1) is 10.9. The Balaban J connectivity index is 1.87. The molecule has 0 fully saturated rings. The van der Waals surface area contributed by atoms with Gasteiger partial charge in [0.2, 0.25) is 0 Å². The van der Waals surface area contributed by atoms with E-state index in [9.17, 15) is 4.79 Å². The molecule has 2 rings (SSSR count). The fourth-order valence-corrected chi connectivity index (χ4v) is 2.80. The van der Waals surface area contributed by atoms with Crippen molar-refractivity contribution >= 4 is 5.97 Å². The third-order valence-corrected chi connectivity index (χ3v) is 3.96. The van der Waals surface area contributed by atoms with Gasteiger partial charge in [-0.2, -0.15) is 0 Å². The quantitative estimate of drug-likeness (QED) is 0.568. The summed E-state index contributed by atoms with van der Waals surface area (Å²) in [6.45, 7) is 9.03. The van der Waals surface area contributed by atoms with Crippen molar-refractivity contribution in [3.8, 4) is 0 Å². The number of aryl methyl sites for hydroxylation is 2. The molecule has 0 saturated heterocycles. The first-order valence-corrected chi connectivity index (χ1v) is 8.20. The van der Waals surface area contributed by atoms with Crippen LogP contribution < -0.4 is 0 Å². The first-order valence-electron chi connectivity index (χ1n) is 8.20. The highest BCUT2D eigenvalue weighted by molar-refractivity contribution is 5.89. The maximum Gasteiger partial charge on any atom is 0.338 e. The van der Waals surface area contributed by atoms with E-state index >= 15 is 0 Å². The monoisotopic (exact) mass is 310 g/mol. The minimum absolute atomic E-state index is 0.0855. The minimum atomic E-state index is -0.235. The van der Waals surface area contributed by atoms with Crippen molar-refractivity contribution in [1.82, 2.24) is 0 Å². The van der Waals surface area contributed by atoms with Crippen LogP contribution in [-0.4, -0.2) is 12.6 Å². The highest BCUT2D eigenvalue weighted by Crippen LogP contribution is 2.26. The SMILES string of the molecule is Cc1cc(C(=O)OCCCc2ccccc2)ccc1C(C)(C)C. The molecule has 0 radical (unpaired) electrons. The van der Waals surface area contributed by atoms with Gasteiger partial charge >= 0.3 is 5.97 Å². The van der Waals surface area contributed by atoms with Gasteiger partial charge in [-0.3, -0.25) is 0 Å². The summed E-state index contributed by atoms with van der Waals surface area (Å²) in [5, 5.41) is 0. The highest BCUT2D eigenvalue weighted by Gasteiger charge is 2.17. The Bertz CT molecular complexity index is 651. The first kappa shape index (κ1) is 17.3. The number of esters is 1. The number of ether oxygens (including phenoxy) is 1. The number of hydrogen-bond donors (Lipinski definition) is 0. The van der Waals surface area contributed by atoms with Crippen LogP contribution in [0.3, 0.4) is 0 Å². The smallest absolute Gasteiger partial charge is 0.338 e. The van der Waals surface area contributed by atoms with Crippen LogP contribution in [0.1, 0.15) is 54.2 Å². The van der Waals surface area contributed by atoms with Crippen LogP contribution in [0.15, 0.2) is 48.5 Å². The molecular formula is C21H26O2. The third-order valence-electron chi connectivity index (χ3n) is 3.96. The molecule has 0 aromatic heterocycles. The standard InChI is InChI=1S/C21H26O2/c1-16-15-18(12-13-19(16)21(2,3)4)20(22)23-14-8-11-17-9-6-5-7-10-17/h5-7,9-10,12-13,15H,8,11,14H2,1-4H3. The maximum atomic E-state index is 12.1. The Morgan fingerprint density at radius 1 is 1.04 bits per heavy atom. The number of rotatable bonds is 5. The van der Waals surface area contributed by atoms with Crippen LogP contribution in [-0.2, 0) is 16.6 Å². The van der Waals surface area contributed by atoms with E-state index < -0.39 is 0 Å². The van der Waals surface area contributed by atoms with Crippen molar-refractivity contribution in [1.29, 1.82) is 0 Å². The van der Waals surface area contributed by atoms with Crippen molar-refractivity contribution in [2.24, 2.45) is 0 Å². The molecule has 0 unspecified atom stereocenters. The van der Waals surface area contributed by atoms with E-state index in [1.807, 2.05) is 43.3 Å². The summed E-state index contributed by atoms with van der Waals surface area (Å²) in [6, 6.07) is 16.1. The third kappa shape index (κ3) is 4.95. The molecule has 2 nitrogen and oxygen atoms in total. The molecule has 2 heteroatoms. The van der Waals surface area contributed by atoms with Crippen LogP contribution in [0.25, 0.3) is 0 Å². The zero-order valence-electron chi connectivity index (χ0n) is 14.6. The van der Waals surface area contributed by atoms with Gasteiger partial charge in [0.1, 0.15) is 0 Å². The summed E-state index contributed by atoms with van der Waals surface area (Å²) in [7, 11) is 0. The Morgan fingerprint density at radius 3 is 2.35 bits per heavy atom. The topological polar surface area (TPSA) is 26.3 Å². The minimum Gasteiger partial charge on any atom is -0.462 e. The average molecular weight is 310 g/mol. The van der Waals surface area contributed by atoms with Crippen molar-refractivity contribution < 1.29 is 9.53 Å². The summed E-state index contributed by atoms with van der Waals surface area (Å²) in [4.78, 5) is 12.1. The van der Waals surface area contributed by atoms with Crippen LogP contribution >= 0.6 is 0 Å². The van der Waals surface area contributed by atoms with Gasteiger partial charge in [-0.1, -0.05) is 57.2 Å². The lowest BCUT2D eigenvalue weighted by atomic mass is 9.83. The molecule has 2 aromatic rings. The Kier molecular flexibility index (Phi) is 5.59. The van der Waals surface area contributed by atoms with Gasteiger partial charge in [-0.25, -0.2) is 4.79 Å². The number of carbonyl (C=O) groups excluding carboxylic acids is 1. The van der Waals surface area contributed by atoms with Gasteiger partial charge in [0.05, 0.1) is 12.2 Å². The fraction of sp³-hybridized carbons (Fsp3) is 0.381. The predicted octanol–water partition coefficient (Wildman–Crippen LogP) is 5.08. The molecule has 0 heterocycles. The summed E-state index contributed by atoms with van der Waals surface area (Å²) in [5.74, 6) is -0.235. The van der Waals surface area contributed by atoms with Crippen LogP contribution in [0.4, 0.5) is 0 Å². The highest BCUT2D eigenvalue weighted by atomic mass is 16.5. The van der Waals surface area contributed by atoms with Crippen molar-refractivity contribution in [3.05, 3.63) is 70.8 Å². The van der Waals surface area contributed by atoms with E-state index in [2.05, 4.69) is 32.9 Å². The Hall–Kier alpha value is -2.09. The molecule has 0 bridgehead atoms. The molecule has 0 aliphatic rings. The van der Waals surface area contributed by atoms with Gasteiger partial charge < -0.3 is 4.74 Å². The lowest BCUT2D eigenvalue weighted by Gasteiger charge is -2.22. The summed E-state index contributed by atoms with van der Waals surface area (Å²) < 4.78 is 5.39. The van der Waals surface area contributed by atoms with Crippen molar-refractivity contribution in [2.45, 2.75) is 46.0 Å². The van der Waals surface area contributed by atoms with Crippen molar-refractivity contribution in [3.63, 3.8) is 0 Å². The Morgan fingerprint density at radius 2 is 1.74 bits per heavy atom. The predicted molar refractivity (Wildman–Crippen MR) is 94.9 cm³/mol. The largest absolute Gasteiger partial charge is 0.462 e. The van der Waals surface area contributed by atoms with Gasteiger partial charge in [0.25, 0.3) is 0 Å². The normalized spacial score (nSPS) is 11.3. The second-order valence-electron chi connectivity index (χ2n) is 7.00. The number of benzene rings is 2. The molecule has 0 amide bonds. The molecule has 0 aliphatic heterocycles. The fourth-order valence-electron chi connectivity index (χ4n) is 2.80. The molecule has 23 heavy (non-hydrogen) atoms. The second kappa shape index (κ2) is 7.45. The summed E-state index contributed by atoms with van der Waals surface area (Å²) >= 11 is 0. The van der Waals surface area contributed by atoms with E-state index in [1.165, 1.54) is 11.1 Å². The molecule has 122 valence electrons. The van der Waals surface area contributed by atoms with Crippen molar-refractivity contribution in [2.75, 3.05) is 6.61 Å². The Labute approximate surface area is 139 Å². The maximum absolute atomic E-state index is 12.1. The van der Waals surface area contributed by atoms with E-state index in [-0.39, 0.29) is 11.4 Å². The van der Waals surface area contributed by atoms with Gasteiger partial charge in [0.15, 0.2) is 0 Å². The van der Waals surface area contributed by atoms with Gasteiger partial charge in [0, 0.05) is 0 Å². The molecule has 0 N–H and O–H groups in total. The number of carbonyl (C=O) groups is 1. The molecule has 0 spiro atoms. The molecule has 0 saturated carbocycles. The molecule has 0 aliphatic carbocycles. The van der Waals surface area contributed by atoms with Gasteiger partial charge in [-0.15, -0.1) is 0 Å². The lowest BCUT2D eigenvalue weighted by Crippen LogP contribution is -2.14. The van der Waals surface area contributed by atoms with E-state index in [4.69, 9.17) is 4.74 Å². The lowest BCUT2D eigenvalue weighted by molar-refractivity contribution is 0.0500. The van der Waals surface area contributed by atoms with E-state index in [0.717, 1.165) is 18.4 Å². The molecule has 2 aromatic carbocycles. The van der Waals surface area contributed by atoms with Crippen LogP contribution in [0.5, 0.6) is 0 Å². The van der Waals surface area contributed by atoms with Crippen LogP contribution in [0, 0.1) is 6.92 Å². The summed E-state index contributed by atoms with van der Waals surface area (Å²) in [6.07, 6.45) is 1.77. The van der Waals surface area contributed by atoms with E-state index in [1.54, 1.807) is 0 Å².